The van der Waals surface area contributed by atoms with Crippen molar-refractivity contribution >= 4 is 28.1 Å². The van der Waals surface area contributed by atoms with Crippen LogP contribution in [-0.2, 0) is 9.63 Å². The van der Waals surface area contributed by atoms with E-state index < -0.39 is 0 Å². The van der Waals surface area contributed by atoms with Gasteiger partial charge in [-0.15, -0.1) is 0 Å². The van der Waals surface area contributed by atoms with Crippen molar-refractivity contribution in [1.82, 2.24) is 5.32 Å². The van der Waals surface area contributed by atoms with Gasteiger partial charge in [0.1, 0.15) is 0 Å². The highest BCUT2D eigenvalue weighted by Gasteiger charge is 2.16. The summed E-state index contributed by atoms with van der Waals surface area (Å²) in [6.45, 7) is -0.0303. The number of benzene rings is 1. The molecule has 4 nitrogen and oxygen atoms in total. The maximum atomic E-state index is 11.6. The Hall–Kier alpha value is -1.36. The third kappa shape index (κ3) is 4.67. The number of halogens is 1. The Bertz CT molecular complexity index is 457. The van der Waals surface area contributed by atoms with Crippen LogP contribution in [0.5, 0.6) is 0 Å². The van der Waals surface area contributed by atoms with Gasteiger partial charge < -0.3 is 10.2 Å². The Morgan fingerprint density at radius 2 is 2.16 bits per heavy atom. The van der Waals surface area contributed by atoms with Crippen LogP contribution in [0.15, 0.2) is 33.9 Å². The van der Waals surface area contributed by atoms with E-state index in [1.807, 2.05) is 24.3 Å². The average Bonchev–Trinajstić information content (AvgIpc) is 2.89. The average molecular weight is 325 g/mol. The molecule has 102 valence electrons. The molecule has 0 saturated heterocycles. The Balaban J connectivity index is 1.71. The molecule has 0 spiro atoms. The van der Waals surface area contributed by atoms with Crippen LogP contribution in [0, 0.1) is 0 Å². The predicted molar refractivity (Wildman–Crippen MR) is 78.1 cm³/mol. The van der Waals surface area contributed by atoms with E-state index in [1.54, 1.807) is 6.21 Å². The number of oxime groups is 1. The van der Waals surface area contributed by atoms with Crippen LogP contribution < -0.4 is 5.32 Å². The lowest BCUT2D eigenvalue weighted by Crippen LogP contribution is -2.34. The lowest BCUT2D eigenvalue weighted by Gasteiger charge is -2.10. The third-order valence-electron chi connectivity index (χ3n) is 3.09. The van der Waals surface area contributed by atoms with E-state index in [9.17, 15) is 4.79 Å². The summed E-state index contributed by atoms with van der Waals surface area (Å²) in [6, 6.07) is 8.00. The van der Waals surface area contributed by atoms with E-state index in [-0.39, 0.29) is 12.5 Å². The second-order valence-corrected chi connectivity index (χ2v) is 5.43. The molecule has 0 radical (unpaired) electrons. The third-order valence-corrected chi connectivity index (χ3v) is 3.81. The zero-order valence-corrected chi connectivity index (χ0v) is 12.2. The molecule has 0 aliphatic heterocycles. The second-order valence-electron chi connectivity index (χ2n) is 4.58. The van der Waals surface area contributed by atoms with Crippen LogP contribution in [0.2, 0.25) is 0 Å². The van der Waals surface area contributed by atoms with Crippen LogP contribution in [0.3, 0.4) is 0 Å². The van der Waals surface area contributed by atoms with Crippen LogP contribution in [0.25, 0.3) is 0 Å². The Morgan fingerprint density at radius 3 is 2.89 bits per heavy atom. The minimum absolute atomic E-state index is 0.0303. The summed E-state index contributed by atoms with van der Waals surface area (Å²) in [6.07, 6.45) is 6.14. The number of carbonyl (C=O) groups excluding carboxylic acids is 1. The minimum atomic E-state index is -0.101. The second kappa shape index (κ2) is 7.28. The maximum absolute atomic E-state index is 11.6. The van der Waals surface area contributed by atoms with Crippen molar-refractivity contribution in [3.8, 4) is 0 Å². The normalized spacial score (nSPS) is 15.8. The molecular formula is C14H17BrN2O2. The number of amides is 1. The van der Waals surface area contributed by atoms with Gasteiger partial charge in [0, 0.05) is 16.1 Å². The Kier molecular flexibility index (Phi) is 5.39. The molecule has 1 aromatic carbocycles. The number of nitrogens with one attached hydrogen (secondary N) is 1. The molecule has 0 unspecified atom stereocenters. The summed E-state index contributed by atoms with van der Waals surface area (Å²) in [4.78, 5) is 16.6. The topological polar surface area (TPSA) is 50.7 Å². The molecule has 1 amide bonds. The standard InChI is InChI=1S/C14H17BrN2O2/c15-13-8-4-1-5-11(13)9-16-19-10-14(18)17-12-6-2-3-7-12/h1,4-5,8-9,12H,2-3,6-7,10H2,(H,17,18)/b16-9-. The molecule has 1 aliphatic carbocycles. The summed E-state index contributed by atoms with van der Waals surface area (Å²) in [5.41, 5.74) is 0.915. The molecule has 1 aliphatic rings. The van der Waals surface area contributed by atoms with Crippen LogP contribution in [0.4, 0.5) is 0 Å². The number of nitrogens with zero attached hydrogens (tertiary/aromatic N) is 1. The molecule has 5 heteroatoms. The highest BCUT2D eigenvalue weighted by Crippen LogP contribution is 2.17. The SMILES string of the molecule is O=C(CO/N=C\c1ccccc1Br)NC1CCCC1. The van der Waals surface area contributed by atoms with Crippen LogP contribution in [0.1, 0.15) is 31.2 Å². The summed E-state index contributed by atoms with van der Waals surface area (Å²) in [7, 11) is 0. The molecule has 1 aromatic rings. The summed E-state index contributed by atoms with van der Waals surface area (Å²) < 4.78 is 0.942. The monoisotopic (exact) mass is 324 g/mol. The summed E-state index contributed by atoms with van der Waals surface area (Å²) >= 11 is 3.41. The van der Waals surface area contributed by atoms with Gasteiger partial charge in [-0.3, -0.25) is 4.79 Å². The van der Waals surface area contributed by atoms with Gasteiger partial charge in [0.2, 0.25) is 0 Å². The molecule has 0 bridgehead atoms. The number of hydrogen-bond donors (Lipinski definition) is 1. The first-order valence-corrected chi connectivity index (χ1v) is 7.24. The van der Waals surface area contributed by atoms with Gasteiger partial charge in [0.25, 0.3) is 5.91 Å². The zero-order valence-electron chi connectivity index (χ0n) is 10.6. The largest absolute Gasteiger partial charge is 0.386 e. The van der Waals surface area contributed by atoms with E-state index >= 15 is 0 Å². The molecule has 1 saturated carbocycles. The molecule has 0 heterocycles. The highest BCUT2D eigenvalue weighted by molar-refractivity contribution is 9.10. The molecule has 1 N–H and O–H groups in total. The lowest BCUT2D eigenvalue weighted by atomic mass is 10.2. The van der Waals surface area contributed by atoms with Gasteiger partial charge in [-0.2, -0.15) is 0 Å². The van der Waals surface area contributed by atoms with E-state index in [0.717, 1.165) is 22.9 Å². The van der Waals surface area contributed by atoms with Crippen LogP contribution >= 0.6 is 15.9 Å². The van der Waals surface area contributed by atoms with Crippen molar-refractivity contribution in [3.05, 3.63) is 34.3 Å². The molecule has 0 atom stereocenters. The fourth-order valence-corrected chi connectivity index (χ4v) is 2.50. The summed E-state index contributed by atoms with van der Waals surface area (Å²) in [5, 5.41) is 6.74. The van der Waals surface area contributed by atoms with Gasteiger partial charge in [-0.05, 0) is 18.9 Å². The minimum Gasteiger partial charge on any atom is -0.386 e. The Morgan fingerprint density at radius 1 is 1.42 bits per heavy atom. The lowest BCUT2D eigenvalue weighted by molar-refractivity contribution is -0.126. The van der Waals surface area contributed by atoms with E-state index in [4.69, 9.17) is 4.84 Å². The van der Waals surface area contributed by atoms with Gasteiger partial charge in [0.15, 0.2) is 6.61 Å². The van der Waals surface area contributed by atoms with E-state index in [2.05, 4.69) is 26.4 Å². The first kappa shape index (κ1) is 14.1. The predicted octanol–water partition coefficient (Wildman–Crippen LogP) is 2.86. The summed E-state index contributed by atoms with van der Waals surface area (Å²) in [5.74, 6) is -0.101. The maximum Gasteiger partial charge on any atom is 0.260 e. The van der Waals surface area contributed by atoms with Crippen LogP contribution in [-0.4, -0.2) is 24.8 Å². The molecule has 19 heavy (non-hydrogen) atoms. The molecule has 2 rings (SSSR count). The van der Waals surface area contributed by atoms with Gasteiger partial charge in [0.05, 0.1) is 6.21 Å². The number of hydrogen-bond acceptors (Lipinski definition) is 3. The fourth-order valence-electron chi connectivity index (χ4n) is 2.11. The number of carbonyl (C=O) groups is 1. The van der Waals surface area contributed by atoms with Crippen molar-refractivity contribution < 1.29 is 9.63 Å². The quantitative estimate of drug-likeness (QED) is 0.668. The molecular weight excluding hydrogens is 308 g/mol. The van der Waals surface area contributed by atoms with Gasteiger partial charge in [-0.1, -0.05) is 52.1 Å². The fraction of sp³-hybridized carbons (Fsp3) is 0.429. The van der Waals surface area contributed by atoms with Gasteiger partial charge in [-0.25, -0.2) is 0 Å². The van der Waals surface area contributed by atoms with Gasteiger partial charge >= 0.3 is 0 Å². The zero-order chi connectivity index (χ0) is 13.5. The van der Waals surface area contributed by atoms with Crippen molar-refractivity contribution in [2.75, 3.05) is 6.61 Å². The van der Waals surface area contributed by atoms with E-state index in [1.165, 1.54) is 12.8 Å². The first-order valence-electron chi connectivity index (χ1n) is 6.45. The van der Waals surface area contributed by atoms with Crippen molar-refractivity contribution in [1.29, 1.82) is 0 Å². The van der Waals surface area contributed by atoms with Crippen molar-refractivity contribution in [2.24, 2.45) is 5.16 Å². The van der Waals surface area contributed by atoms with Crippen molar-refractivity contribution in [3.63, 3.8) is 0 Å². The molecule has 1 fully saturated rings. The van der Waals surface area contributed by atoms with Crippen molar-refractivity contribution in [2.45, 2.75) is 31.7 Å². The van der Waals surface area contributed by atoms with E-state index in [0.29, 0.717) is 6.04 Å². The Labute approximate surface area is 121 Å². The molecule has 0 aromatic heterocycles. The first-order chi connectivity index (χ1) is 9.25. The smallest absolute Gasteiger partial charge is 0.260 e. The number of rotatable bonds is 5. The highest BCUT2D eigenvalue weighted by atomic mass is 79.9.